The molecule has 5 nitrogen and oxygen atoms in total. The fraction of sp³-hybridized carbons (Fsp3) is 0.600. The zero-order valence-electron chi connectivity index (χ0n) is 8.49. The predicted molar refractivity (Wildman–Crippen MR) is 49.8 cm³/mol. The highest BCUT2D eigenvalue weighted by Crippen LogP contribution is 2.30. The fourth-order valence-corrected chi connectivity index (χ4v) is 1.22. The first kappa shape index (κ1) is 12.9. The van der Waals surface area contributed by atoms with Gasteiger partial charge in [0.15, 0.2) is 5.41 Å². The average Bonchev–Trinajstić information content (AvgIpc) is 2.29. The Labute approximate surface area is 88.5 Å². The van der Waals surface area contributed by atoms with E-state index in [2.05, 4.69) is 4.74 Å². The van der Waals surface area contributed by atoms with Crippen LogP contribution in [0.25, 0.3) is 0 Å². The summed E-state index contributed by atoms with van der Waals surface area (Å²) in [6, 6.07) is 5.60. The van der Waals surface area contributed by atoms with Crippen LogP contribution < -0.4 is 0 Å². The van der Waals surface area contributed by atoms with E-state index in [0.717, 1.165) is 0 Å². The number of carbonyl (C=O) groups excluding carboxylic acids is 1. The van der Waals surface area contributed by atoms with E-state index in [1.165, 1.54) is 7.11 Å². The third-order valence-corrected chi connectivity index (χ3v) is 2.12. The molecule has 0 heterocycles. The second kappa shape index (κ2) is 6.40. The monoisotopic (exact) mass is 205 g/mol. The van der Waals surface area contributed by atoms with Gasteiger partial charge in [0.2, 0.25) is 0 Å². The first-order valence-corrected chi connectivity index (χ1v) is 4.40. The molecule has 15 heavy (non-hydrogen) atoms. The van der Waals surface area contributed by atoms with Gasteiger partial charge in [0.1, 0.15) is 0 Å². The van der Waals surface area contributed by atoms with Gasteiger partial charge in [-0.1, -0.05) is 0 Å². The van der Waals surface area contributed by atoms with Crippen LogP contribution in [-0.2, 0) is 9.53 Å². The quantitative estimate of drug-likeness (QED) is 0.629. The number of hydrogen-bond acceptors (Lipinski definition) is 5. The molecule has 0 aromatic carbocycles. The van der Waals surface area contributed by atoms with Crippen molar-refractivity contribution in [3.63, 3.8) is 0 Å². The summed E-state index contributed by atoms with van der Waals surface area (Å²) in [5.74, 6) is -0.671. The first-order chi connectivity index (χ1) is 7.16. The number of rotatable bonds is 5. The van der Waals surface area contributed by atoms with Crippen LogP contribution in [0.2, 0.25) is 0 Å². The highest BCUT2D eigenvalue weighted by atomic mass is 16.5. The van der Waals surface area contributed by atoms with Gasteiger partial charge >= 0.3 is 5.97 Å². The Morgan fingerprint density at radius 3 is 1.93 bits per heavy atom. The predicted octanol–water partition coefficient (Wildman–Crippen LogP) is 1.28. The molecule has 0 aliphatic rings. The van der Waals surface area contributed by atoms with Crippen LogP contribution in [0.1, 0.15) is 25.7 Å². The van der Waals surface area contributed by atoms with Gasteiger partial charge in [-0.25, -0.2) is 0 Å². The van der Waals surface area contributed by atoms with E-state index >= 15 is 0 Å². The largest absolute Gasteiger partial charge is 0.468 e. The Bertz CT molecular complexity index is 325. The van der Waals surface area contributed by atoms with Gasteiger partial charge in [-0.2, -0.15) is 15.8 Å². The molecule has 78 valence electrons. The number of hydrogen-bond donors (Lipinski definition) is 0. The fourth-order valence-electron chi connectivity index (χ4n) is 1.22. The minimum absolute atomic E-state index is 0.0914. The minimum atomic E-state index is -1.35. The highest BCUT2D eigenvalue weighted by molar-refractivity contribution is 5.79. The number of ether oxygens (including phenoxy) is 1. The molecule has 0 aliphatic heterocycles. The molecule has 0 saturated heterocycles. The molecule has 0 radical (unpaired) electrons. The lowest BCUT2D eigenvalue weighted by Crippen LogP contribution is -2.30. The zero-order chi connectivity index (χ0) is 11.7. The van der Waals surface area contributed by atoms with E-state index in [9.17, 15) is 4.79 Å². The molecule has 0 amide bonds. The smallest absolute Gasteiger partial charge is 0.326 e. The molecule has 0 fully saturated rings. The minimum Gasteiger partial charge on any atom is -0.468 e. The van der Waals surface area contributed by atoms with Gasteiger partial charge in [0.05, 0.1) is 25.3 Å². The lowest BCUT2D eigenvalue weighted by atomic mass is 9.80. The van der Waals surface area contributed by atoms with E-state index in [-0.39, 0.29) is 25.7 Å². The SMILES string of the molecule is COC(=O)C(C#N)(CCC#N)CCC#N. The van der Waals surface area contributed by atoms with E-state index < -0.39 is 11.4 Å². The molecule has 0 bridgehead atoms. The van der Waals surface area contributed by atoms with Crippen molar-refractivity contribution in [3.8, 4) is 18.2 Å². The van der Waals surface area contributed by atoms with Crippen LogP contribution in [0.5, 0.6) is 0 Å². The van der Waals surface area contributed by atoms with E-state index in [1.807, 2.05) is 18.2 Å². The van der Waals surface area contributed by atoms with Crippen LogP contribution in [0, 0.1) is 39.4 Å². The molecule has 0 spiro atoms. The van der Waals surface area contributed by atoms with Crippen molar-refractivity contribution >= 4 is 5.97 Å². The Balaban J connectivity index is 4.80. The third kappa shape index (κ3) is 3.29. The van der Waals surface area contributed by atoms with Crippen LogP contribution >= 0.6 is 0 Å². The summed E-state index contributed by atoms with van der Waals surface area (Å²) < 4.78 is 4.52. The van der Waals surface area contributed by atoms with Crippen molar-refractivity contribution in [1.82, 2.24) is 0 Å². The molecular weight excluding hydrogens is 194 g/mol. The van der Waals surface area contributed by atoms with Crippen molar-refractivity contribution in [1.29, 1.82) is 15.8 Å². The van der Waals surface area contributed by atoms with Gasteiger partial charge in [0, 0.05) is 12.8 Å². The Kier molecular flexibility index (Phi) is 5.52. The molecule has 0 aromatic rings. The number of esters is 1. The molecule has 5 heteroatoms. The van der Waals surface area contributed by atoms with E-state index in [0.29, 0.717) is 0 Å². The number of nitrogens with zero attached hydrogens (tertiary/aromatic N) is 3. The molecular formula is C10H11N3O2. The Morgan fingerprint density at radius 1 is 1.20 bits per heavy atom. The highest BCUT2D eigenvalue weighted by Gasteiger charge is 2.39. The zero-order valence-corrected chi connectivity index (χ0v) is 8.49. The molecule has 0 unspecified atom stereocenters. The van der Waals surface area contributed by atoms with Gasteiger partial charge in [-0.15, -0.1) is 0 Å². The average molecular weight is 205 g/mol. The lowest BCUT2D eigenvalue weighted by molar-refractivity contribution is -0.150. The van der Waals surface area contributed by atoms with Crippen molar-refractivity contribution in [2.45, 2.75) is 25.7 Å². The van der Waals surface area contributed by atoms with Crippen LogP contribution in [-0.4, -0.2) is 13.1 Å². The summed E-state index contributed by atoms with van der Waals surface area (Å²) in [6.45, 7) is 0. The molecule has 0 saturated carbocycles. The number of methoxy groups -OCH3 is 1. The van der Waals surface area contributed by atoms with Crippen LogP contribution in [0.3, 0.4) is 0 Å². The van der Waals surface area contributed by atoms with Gasteiger partial charge in [0.25, 0.3) is 0 Å². The summed E-state index contributed by atoms with van der Waals surface area (Å²) in [5.41, 5.74) is -1.35. The maximum atomic E-state index is 11.4. The normalized spacial score (nSPS) is 9.47. The van der Waals surface area contributed by atoms with Crippen molar-refractivity contribution in [2.24, 2.45) is 5.41 Å². The molecule has 0 rings (SSSR count). The molecule has 0 N–H and O–H groups in total. The van der Waals surface area contributed by atoms with Crippen LogP contribution in [0.15, 0.2) is 0 Å². The Morgan fingerprint density at radius 2 is 1.67 bits per heavy atom. The van der Waals surface area contributed by atoms with E-state index in [4.69, 9.17) is 15.8 Å². The Hall–Kier alpha value is -2.06. The maximum absolute atomic E-state index is 11.4. The molecule has 0 atom stereocenters. The summed E-state index contributed by atoms with van der Waals surface area (Å²) in [7, 11) is 1.19. The van der Waals surface area contributed by atoms with Crippen LogP contribution in [0.4, 0.5) is 0 Å². The third-order valence-electron chi connectivity index (χ3n) is 2.12. The molecule has 0 aliphatic carbocycles. The van der Waals surface area contributed by atoms with Crippen molar-refractivity contribution < 1.29 is 9.53 Å². The summed E-state index contributed by atoms with van der Waals surface area (Å²) >= 11 is 0. The van der Waals surface area contributed by atoms with Gasteiger partial charge < -0.3 is 4.74 Å². The second-order valence-corrected chi connectivity index (χ2v) is 3.00. The maximum Gasteiger partial charge on any atom is 0.326 e. The number of nitriles is 3. The van der Waals surface area contributed by atoms with Crippen molar-refractivity contribution in [3.05, 3.63) is 0 Å². The lowest BCUT2D eigenvalue weighted by Gasteiger charge is -2.20. The second-order valence-electron chi connectivity index (χ2n) is 3.00. The summed E-state index contributed by atoms with van der Waals surface area (Å²) in [4.78, 5) is 11.4. The van der Waals surface area contributed by atoms with Gasteiger partial charge in [-0.05, 0) is 12.8 Å². The van der Waals surface area contributed by atoms with E-state index in [1.54, 1.807) is 0 Å². The first-order valence-electron chi connectivity index (χ1n) is 4.40. The van der Waals surface area contributed by atoms with Gasteiger partial charge in [-0.3, -0.25) is 4.79 Å². The standard InChI is InChI=1S/C10H11N3O2/c1-15-9(14)10(8-13,4-2-6-11)5-3-7-12/h2-5H2,1H3. The summed E-state index contributed by atoms with van der Waals surface area (Å²) in [5, 5.41) is 25.8. The number of carbonyl (C=O) groups is 1. The summed E-state index contributed by atoms with van der Waals surface area (Å²) in [6.07, 6.45) is 0.394. The molecule has 0 aromatic heterocycles. The topological polar surface area (TPSA) is 97.7 Å². The van der Waals surface area contributed by atoms with Crippen molar-refractivity contribution in [2.75, 3.05) is 7.11 Å².